The molecule has 1 aromatic heterocycles. The van der Waals surface area contributed by atoms with Crippen LogP contribution in [0.2, 0.25) is 0 Å². The van der Waals surface area contributed by atoms with Crippen LogP contribution < -0.4 is 5.56 Å². The lowest BCUT2D eigenvalue weighted by molar-refractivity contribution is 0.0929. The lowest BCUT2D eigenvalue weighted by Gasteiger charge is -2.31. The number of H-pyrrole nitrogens is 1. The molecule has 0 saturated carbocycles. The van der Waals surface area contributed by atoms with Gasteiger partial charge in [0, 0.05) is 19.2 Å². The van der Waals surface area contributed by atoms with Crippen LogP contribution in [0.15, 0.2) is 17.1 Å². The average molecular weight is 230 g/mol. The fraction of sp³-hybridized carbons (Fsp3) is 0.500. The summed E-state index contributed by atoms with van der Waals surface area (Å²) in [6, 6.07) is 1.36. The molecule has 0 aliphatic heterocycles. The van der Waals surface area contributed by atoms with Gasteiger partial charge in [0.15, 0.2) is 0 Å². The molecule has 0 radical (unpaired) electrons. The Hall–Kier alpha value is -1.10. The number of aromatic amines is 1. The van der Waals surface area contributed by atoms with Gasteiger partial charge < -0.3 is 4.98 Å². The molecule has 1 N–H and O–H groups in total. The highest BCUT2D eigenvalue weighted by Crippen LogP contribution is 2.45. The summed E-state index contributed by atoms with van der Waals surface area (Å²) in [5, 5.41) is 0. The molecule has 0 atom stereocenters. The molecule has 0 aromatic carbocycles. The maximum atomic E-state index is 11.6. The van der Waals surface area contributed by atoms with Gasteiger partial charge in [-0.3, -0.25) is 9.59 Å². The minimum Gasteiger partial charge on any atom is -0.344 e. The lowest BCUT2D eigenvalue weighted by Crippen LogP contribution is -2.27. The summed E-state index contributed by atoms with van der Waals surface area (Å²) in [6.07, 6.45) is 9.88. The molecular formula is C10H18N2O2S. The van der Waals surface area contributed by atoms with Crippen molar-refractivity contribution in [2.24, 2.45) is 0 Å². The monoisotopic (exact) mass is 230 g/mol. The van der Waals surface area contributed by atoms with Crippen molar-refractivity contribution in [3.8, 4) is 0 Å². The molecule has 86 valence electrons. The summed E-state index contributed by atoms with van der Waals surface area (Å²) in [4.78, 5) is 26.1. The van der Waals surface area contributed by atoms with Crippen molar-refractivity contribution in [2.45, 2.75) is 6.92 Å². The second-order valence-electron chi connectivity index (χ2n) is 5.24. The molecule has 0 fully saturated rings. The van der Waals surface area contributed by atoms with E-state index in [-0.39, 0.29) is 11.5 Å². The van der Waals surface area contributed by atoms with Crippen LogP contribution in [-0.4, -0.2) is 40.5 Å². The Kier molecular flexibility index (Phi) is 2.55. The summed E-state index contributed by atoms with van der Waals surface area (Å²) in [5.74, 6) is -0.248. The third kappa shape index (κ3) is 2.47. The molecule has 0 saturated heterocycles. The van der Waals surface area contributed by atoms with Crippen LogP contribution >= 0.6 is 8.75 Å². The first kappa shape index (κ1) is 12.0. The molecule has 4 nitrogen and oxygen atoms in total. The summed E-state index contributed by atoms with van der Waals surface area (Å²) in [5.41, 5.74) is -0.272. The number of carbonyl (C=O) groups is 1. The van der Waals surface area contributed by atoms with Crippen molar-refractivity contribution in [2.75, 3.05) is 25.0 Å². The van der Waals surface area contributed by atoms with Gasteiger partial charge in [0.1, 0.15) is 4.77 Å². The molecule has 0 aliphatic rings. The van der Waals surface area contributed by atoms with Crippen molar-refractivity contribution in [3.63, 3.8) is 0 Å². The Morgan fingerprint density at radius 3 is 2.20 bits per heavy atom. The Labute approximate surface area is 88.8 Å². The van der Waals surface area contributed by atoms with E-state index in [1.54, 1.807) is 6.20 Å². The van der Waals surface area contributed by atoms with E-state index < -0.39 is 8.75 Å². The summed E-state index contributed by atoms with van der Waals surface area (Å²) >= 11 is 0. The quantitative estimate of drug-likeness (QED) is 0.681. The Morgan fingerprint density at radius 1 is 1.33 bits per heavy atom. The van der Waals surface area contributed by atoms with Gasteiger partial charge in [0.05, 0.1) is 0 Å². The molecule has 0 unspecified atom stereocenters. The molecule has 1 aromatic rings. The van der Waals surface area contributed by atoms with Gasteiger partial charge in [-0.25, -0.2) is 13.3 Å². The van der Waals surface area contributed by atoms with E-state index in [2.05, 4.69) is 30.0 Å². The fourth-order valence-electron chi connectivity index (χ4n) is 1.32. The SMILES string of the molecule is CC(=O)n1c(=O)cc[nH]c1=S(C)(C)(C)C. The third-order valence-electron chi connectivity index (χ3n) is 1.94. The van der Waals surface area contributed by atoms with Gasteiger partial charge in [0.25, 0.3) is 5.56 Å². The van der Waals surface area contributed by atoms with Crippen LogP contribution in [0.1, 0.15) is 11.7 Å². The first-order chi connectivity index (χ1) is 6.60. The first-order valence-electron chi connectivity index (χ1n) is 4.58. The maximum absolute atomic E-state index is 11.6. The number of rotatable bonds is 0. The van der Waals surface area contributed by atoms with Crippen LogP contribution in [0.4, 0.5) is 0 Å². The number of hydrogen-bond donors (Lipinski definition) is 1. The minimum atomic E-state index is -1.90. The van der Waals surface area contributed by atoms with Gasteiger partial charge in [-0.05, 0) is 25.0 Å². The van der Waals surface area contributed by atoms with Crippen LogP contribution in [0, 0.1) is 4.77 Å². The van der Waals surface area contributed by atoms with E-state index in [1.165, 1.54) is 17.6 Å². The molecule has 1 heterocycles. The van der Waals surface area contributed by atoms with Crippen LogP contribution in [0.5, 0.6) is 0 Å². The first-order valence-corrected chi connectivity index (χ1v) is 8.25. The highest BCUT2D eigenvalue weighted by molar-refractivity contribution is 8.40. The number of hydrogen-bond acceptors (Lipinski definition) is 2. The minimum absolute atomic E-state index is 0.248. The Morgan fingerprint density at radius 2 is 1.87 bits per heavy atom. The van der Waals surface area contributed by atoms with Gasteiger partial charge in [-0.1, -0.05) is 0 Å². The number of nitrogens with zero attached hydrogens (tertiary/aromatic N) is 1. The van der Waals surface area contributed by atoms with Crippen molar-refractivity contribution in [1.82, 2.24) is 9.55 Å². The van der Waals surface area contributed by atoms with Crippen molar-refractivity contribution in [3.05, 3.63) is 27.4 Å². The van der Waals surface area contributed by atoms with Crippen LogP contribution in [-0.2, 0) is 0 Å². The van der Waals surface area contributed by atoms with Crippen LogP contribution in [0.25, 0.3) is 0 Å². The number of aromatic nitrogens is 2. The topological polar surface area (TPSA) is 54.9 Å². The summed E-state index contributed by atoms with van der Waals surface area (Å²) in [7, 11) is -1.90. The zero-order valence-electron chi connectivity index (χ0n) is 9.83. The van der Waals surface area contributed by atoms with E-state index in [0.29, 0.717) is 4.77 Å². The van der Waals surface area contributed by atoms with E-state index in [1.807, 2.05) is 0 Å². The molecule has 0 bridgehead atoms. The van der Waals surface area contributed by atoms with Crippen LogP contribution in [0.3, 0.4) is 0 Å². The molecule has 0 aliphatic carbocycles. The zero-order chi connectivity index (χ0) is 11.9. The predicted octanol–water partition coefficient (Wildman–Crippen LogP) is 1.23. The lowest BCUT2D eigenvalue weighted by atomic mass is 10.6. The smallest absolute Gasteiger partial charge is 0.260 e. The Bertz CT molecular complexity index is 548. The highest BCUT2D eigenvalue weighted by atomic mass is 32.3. The van der Waals surface area contributed by atoms with E-state index in [4.69, 9.17) is 0 Å². The number of carbonyl (C=O) groups excluding carboxylic acids is 1. The van der Waals surface area contributed by atoms with Crippen molar-refractivity contribution >= 4 is 14.7 Å². The number of nitrogens with one attached hydrogen (secondary N) is 1. The van der Waals surface area contributed by atoms with Gasteiger partial charge in [-0.2, -0.15) is 0 Å². The van der Waals surface area contributed by atoms with Crippen molar-refractivity contribution in [1.29, 1.82) is 0 Å². The van der Waals surface area contributed by atoms with E-state index in [0.717, 1.165) is 0 Å². The third-order valence-corrected chi connectivity index (χ3v) is 3.79. The second kappa shape index (κ2) is 3.20. The Balaban J connectivity index is 4.09. The standard InChI is InChI=1S/C10H18N2O2S/c1-8(13)12-9(14)6-7-11-10(12)15(2,3,4)5/h6-7,11H,1-5H3. The predicted molar refractivity (Wildman–Crippen MR) is 65.9 cm³/mol. The molecule has 0 spiro atoms. The molecular weight excluding hydrogens is 212 g/mol. The normalized spacial score (nSPS) is 14.3. The molecule has 1 rings (SSSR count). The fourth-order valence-corrected chi connectivity index (χ4v) is 2.81. The zero-order valence-corrected chi connectivity index (χ0v) is 10.6. The highest BCUT2D eigenvalue weighted by Gasteiger charge is 2.14. The van der Waals surface area contributed by atoms with Gasteiger partial charge in [-0.15, -0.1) is 0 Å². The summed E-state index contributed by atoms with van der Waals surface area (Å²) < 4.78 is 1.94. The van der Waals surface area contributed by atoms with Gasteiger partial charge >= 0.3 is 0 Å². The maximum Gasteiger partial charge on any atom is 0.260 e. The van der Waals surface area contributed by atoms with E-state index in [9.17, 15) is 9.59 Å². The second-order valence-corrected chi connectivity index (χ2v) is 12.2. The van der Waals surface area contributed by atoms with E-state index >= 15 is 0 Å². The van der Waals surface area contributed by atoms with Crippen molar-refractivity contribution < 1.29 is 4.79 Å². The van der Waals surface area contributed by atoms with Gasteiger partial charge in [0.2, 0.25) is 5.91 Å². The average Bonchev–Trinajstić information content (AvgIpc) is 1.99. The summed E-state index contributed by atoms with van der Waals surface area (Å²) in [6.45, 7) is 1.40. The largest absolute Gasteiger partial charge is 0.344 e. The molecule has 15 heavy (non-hydrogen) atoms. The molecule has 0 amide bonds. The molecule has 5 heteroatoms.